The Hall–Kier alpha value is -1.51. The molecule has 0 bridgehead atoms. The zero-order valence-electron chi connectivity index (χ0n) is 59.3. The number of rotatable bonds is 72. The minimum atomic E-state index is -4.45. The molecule has 2 N–H and O–H groups in total. The molecule has 1 amide bonds. The van der Waals surface area contributed by atoms with Gasteiger partial charge in [0.2, 0.25) is 5.91 Å². The molecule has 0 saturated carbocycles. The van der Waals surface area contributed by atoms with Crippen molar-refractivity contribution in [1.82, 2.24) is 5.32 Å². The van der Waals surface area contributed by atoms with Crippen molar-refractivity contribution < 1.29 is 37.3 Å². The van der Waals surface area contributed by atoms with Gasteiger partial charge in [0.05, 0.1) is 33.8 Å². The summed E-state index contributed by atoms with van der Waals surface area (Å²) in [6.07, 6.45) is 83.5. The summed E-state index contributed by atoms with van der Waals surface area (Å²) in [6, 6.07) is -0.843. The Morgan fingerprint density at radius 3 is 0.977 bits per heavy atom. The summed E-state index contributed by atoms with van der Waals surface area (Å²) in [6.45, 7) is 7.10. The first-order valence-electron chi connectivity index (χ1n) is 38.7. The largest absolute Gasteiger partial charge is 0.472 e. The highest BCUT2D eigenvalue weighted by Crippen LogP contribution is 2.43. The van der Waals surface area contributed by atoms with Gasteiger partial charge < -0.3 is 19.4 Å². The van der Waals surface area contributed by atoms with E-state index in [1.165, 1.54) is 315 Å². The molecular weight excluding hydrogens is 1100 g/mol. The summed E-state index contributed by atoms with van der Waals surface area (Å²) >= 11 is 0. The number of phosphoric ester groups is 1. The number of hydrogen-bond acceptors (Lipinski definition) is 6. The molecule has 0 aromatic carbocycles. The minimum Gasteiger partial charge on any atom is -0.456 e. The number of phosphoric acid groups is 1. The lowest BCUT2D eigenvalue weighted by Crippen LogP contribution is -2.47. The molecule has 0 aromatic rings. The lowest BCUT2D eigenvalue weighted by Gasteiger charge is -2.27. The third kappa shape index (κ3) is 68.7. The van der Waals surface area contributed by atoms with Crippen LogP contribution in [0, 0.1) is 0 Å². The Morgan fingerprint density at radius 2 is 0.667 bits per heavy atom. The second-order valence-corrected chi connectivity index (χ2v) is 29.3. The number of esters is 1. The quantitative estimate of drug-likeness (QED) is 0.0205. The molecule has 0 spiro atoms. The van der Waals surface area contributed by atoms with Crippen molar-refractivity contribution in [2.24, 2.45) is 0 Å². The van der Waals surface area contributed by atoms with Crippen molar-refractivity contribution in [1.29, 1.82) is 0 Å². The molecule has 0 radical (unpaired) electrons. The first-order chi connectivity index (χ1) is 42.4. The second kappa shape index (κ2) is 67.4. The zero-order chi connectivity index (χ0) is 63.5. The van der Waals surface area contributed by atoms with Crippen molar-refractivity contribution in [3.05, 3.63) is 24.3 Å². The van der Waals surface area contributed by atoms with Gasteiger partial charge in [-0.3, -0.25) is 18.6 Å². The van der Waals surface area contributed by atoms with E-state index in [-0.39, 0.29) is 25.1 Å². The number of ether oxygens (including phenoxy) is 1. The average molecular weight is 1250 g/mol. The van der Waals surface area contributed by atoms with Crippen LogP contribution in [0.1, 0.15) is 406 Å². The standard InChI is InChI=1S/C77H151N2O7P/c1-7-10-13-16-19-22-25-28-30-32-34-36-37-38-39-40-41-43-45-47-49-52-55-58-61-64-67-70-77(81)86-75(68-65-62-59-56-53-50-27-24-21-18-15-12-9-3)74(73-85-87(82,83)84-72-71-79(4,5)6)78-76(80)69-66-63-60-57-54-51-48-46-44-42-35-33-31-29-26-23-20-17-14-11-8-2/h28,30,65,68,74-75H,7-27,29,31-64,66-67,69-73H2,1-6H3,(H-,78,80,82,83)/p+1/b30-28+,68-65+. The highest BCUT2D eigenvalue weighted by Gasteiger charge is 2.30. The zero-order valence-corrected chi connectivity index (χ0v) is 60.2. The molecule has 9 nitrogen and oxygen atoms in total. The number of quaternary nitrogens is 1. The number of allylic oxidation sites excluding steroid dienone is 3. The normalized spacial score (nSPS) is 13.5. The predicted octanol–water partition coefficient (Wildman–Crippen LogP) is 24.8. The van der Waals surface area contributed by atoms with Crippen LogP contribution in [0.3, 0.4) is 0 Å². The number of carbonyl (C=O) groups is 2. The lowest BCUT2D eigenvalue weighted by molar-refractivity contribution is -0.870. The molecule has 0 aliphatic heterocycles. The summed E-state index contributed by atoms with van der Waals surface area (Å²) in [5, 5.41) is 3.09. The smallest absolute Gasteiger partial charge is 0.456 e. The van der Waals surface area contributed by atoms with Crippen LogP contribution in [0.4, 0.5) is 0 Å². The predicted molar refractivity (Wildman–Crippen MR) is 379 cm³/mol. The van der Waals surface area contributed by atoms with Crippen LogP contribution < -0.4 is 5.32 Å². The van der Waals surface area contributed by atoms with Crippen LogP contribution in [0.5, 0.6) is 0 Å². The van der Waals surface area contributed by atoms with Crippen molar-refractivity contribution in [2.75, 3.05) is 40.9 Å². The van der Waals surface area contributed by atoms with Gasteiger partial charge in [-0.15, -0.1) is 0 Å². The fraction of sp³-hybridized carbons (Fsp3) is 0.922. The molecule has 10 heteroatoms. The van der Waals surface area contributed by atoms with E-state index in [0.29, 0.717) is 23.9 Å². The topological polar surface area (TPSA) is 111 Å². The monoisotopic (exact) mass is 1250 g/mol. The van der Waals surface area contributed by atoms with Crippen molar-refractivity contribution in [3.8, 4) is 0 Å². The van der Waals surface area contributed by atoms with Crippen LogP contribution in [-0.2, 0) is 27.9 Å². The fourth-order valence-electron chi connectivity index (χ4n) is 11.9. The summed E-state index contributed by atoms with van der Waals surface area (Å²) in [7, 11) is 1.52. The van der Waals surface area contributed by atoms with Gasteiger partial charge in [0.1, 0.15) is 19.3 Å². The van der Waals surface area contributed by atoms with Crippen molar-refractivity contribution >= 4 is 19.7 Å². The maximum atomic E-state index is 13.6. The maximum Gasteiger partial charge on any atom is 0.472 e. The highest BCUT2D eigenvalue weighted by atomic mass is 31.2. The van der Waals surface area contributed by atoms with Gasteiger partial charge in [-0.1, -0.05) is 360 Å². The molecule has 0 rings (SSSR count). The van der Waals surface area contributed by atoms with E-state index in [0.717, 1.165) is 57.8 Å². The third-order valence-electron chi connectivity index (χ3n) is 17.9. The molecule has 516 valence electrons. The molecule has 0 aliphatic rings. The summed E-state index contributed by atoms with van der Waals surface area (Å²) in [4.78, 5) is 38.0. The summed E-state index contributed by atoms with van der Waals surface area (Å²) in [5.74, 6) is -0.476. The van der Waals surface area contributed by atoms with Gasteiger partial charge in [0.15, 0.2) is 0 Å². The molecule has 0 fully saturated rings. The Morgan fingerprint density at radius 1 is 0.391 bits per heavy atom. The van der Waals surface area contributed by atoms with Crippen LogP contribution in [0.2, 0.25) is 0 Å². The lowest BCUT2D eigenvalue weighted by atomic mass is 10.0. The number of nitrogens with one attached hydrogen (secondary N) is 1. The molecule has 0 heterocycles. The number of unbranched alkanes of at least 4 members (excludes halogenated alkanes) is 54. The Labute approximate surface area is 543 Å². The Bertz CT molecular complexity index is 1530. The summed E-state index contributed by atoms with van der Waals surface area (Å²) in [5.41, 5.74) is 0. The molecular formula is C77H152N2O7P+. The maximum absolute atomic E-state index is 13.6. The van der Waals surface area contributed by atoms with E-state index in [1.54, 1.807) is 0 Å². The molecule has 0 saturated heterocycles. The van der Waals surface area contributed by atoms with E-state index in [2.05, 4.69) is 44.3 Å². The Kier molecular flexibility index (Phi) is 66.2. The number of hydrogen-bond donors (Lipinski definition) is 2. The van der Waals surface area contributed by atoms with E-state index < -0.39 is 20.0 Å². The van der Waals surface area contributed by atoms with E-state index >= 15 is 0 Å². The van der Waals surface area contributed by atoms with Gasteiger partial charge >= 0.3 is 13.8 Å². The van der Waals surface area contributed by atoms with Crippen LogP contribution >= 0.6 is 7.82 Å². The van der Waals surface area contributed by atoms with Crippen LogP contribution in [0.15, 0.2) is 24.3 Å². The number of amides is 1. The summed E-state index contributed by atoms with van der Waals surface area (Å²) < 4.78 is 30.9. The first kappa shape index (κ1) is 85.5. The third-order valence-corrected chi connectivity index (χ3v) is 18.9. The highest BCUT2D eigenvalue weighted by molar-refractivity contribution is 7.47. The number of carbonyl (C=O) groups excluding carboxylic acids is 2. The van der Waals surface area contributed by atoms with Gasteiger partial charge in [-0.25, -0.2) is 4.57 Å². The molecule has 0 aliphatic carbocycles. The first-order valence-corrected chi connectivity index (χ1v) is 40.2. The molecule has 3 atom stereocenters. The van der Waals surface area contributed by atoms with Gasteiger partial charge in [-0.2, -0.15) is 0 Å². The van der Waals surface area contributed by atoms with Crippen molar-refractivity contribution in [3.63, 3.8) is 0 Å². The molecule has 3 unspecified atom stereocenters. The van der Waals surface area contributed by atoms with E-state index in [9.17, 15) is 19.0 Å². The van der Waals surface area contributed by atoms with Crippen molar-refractivity contribution in [2.45, 2.75) is 418 Å². The minimum absolute atomic E-state index is 0.0452. The Balaban J connectivity index is 4.95. The van der Waals surface area contributed by atoms with E-state index in [1.807, 2.05) is 27.2 Å². The van der Waals surface area contributed by atoms with Gasteiger partial charge in [0.25, 0.3) is 0 Å². The van der Waals surface area contributed by atoms with Crippen LogP contribution in [-0.4, -0.2) is 74.3 Å². The fourth-order valence-corrected chi connectivity index (χ4v) is 12.7. The molecule has 87 heavy (non-hydrogen) atoms. The van der Waals surface area contributed by atoms with Gasteiger partial charge in [-0.05, 0) is 57.4 Å². The molecule has 0 aromatic heterocycles. The SMILES string of the molecule is CCCCCCCC/C=C/CCCCCCCCCCCCCCCCCCCC(=O)OC(/C=C/CCCCCCCCCCCCC)C(COP(=O)(O)OCC[N+](C)(C)C)NC(=O)CCCCCCCCCCCCCCCCCCCCCCC. The second-order valence-electron chi connectivity index (χ2n) is 27.9. The number of nitrogens with zero attached hydrogens (tertiary/aromatic N) is 1. The van der Waals surface area contributed by atoms with E-state index in [4.69, 9.17) is 13.8 Å². The van der Waals surface area contributed by atoms with Gasteiger partial charge in [0, 0.05) is 12.8 Å². The average Bonchev–Trinajstić information content (AvgIpc) is 3.70. The van der Waals surface area contributed by atoms with Crippen LogP contribution in [0.25, 0.3) is 0 Å². The number of likely N-dealkylation sites (N-methyl/N-ethyl adjacent to an activating group) is 1.